The highest BCUT2D eigenvalue weighted by molar-refractivity contribution is 9.09. The Morgan fingerprint density at radius 3 is 2.67 bits per heavy atom. The van der Waals surface area contributed by atoms with E-state index in [4.69, 9.17) is 0 Å². The lowest BCUT2D eigenvalue weighted by atomic mass is 10.3. The minimum Gasteiger partial charge on any atom is -0.313 e. The molecule has 0 aromatic carbocycles. The van der Waals surface area contributed by atoms with E-state index in [2.05, 4.69) is 35.1 Å². The number of alkyl halides is 1. The topological polar surface area (TPSA) is 12.0 Å². The highest BCUT2D eigenvalue weighted by Crippen LogP contribution is 1.89. The summed E-state index contributed by atoms with van der Waals surface area (Å²) in [6.45, 7) is 5.55. The van der Waals surface area contributed by atoms with Crippen LogP contribution in [0.25, 0.3) is 0 Å². The lowest BCUT2D eigenvalue weighted by Crippen LogP contribution is -2.27. The number of nitrogens with one attached hydrogen (secondary N) is 1. The summed E-state index contributed by atoms with van der Waals surface area (Å²) < 4.78 is 0. The van der Waals surface area contributed by atoms with E-state index in [1.165, 1.54) is 12.8 Å². The summed E-state index contributed by atoms with van der Waals surface area (Å²) >= 11 is 3.40. The van der Waals surface area contributed by atoms with E-state index in [0.29, 0.717) is 6.04 Å². The van der Waals surface area contributed by atoms with Crippen LogP contribution in [0.3, 0.4) is 0 Å². The smallest absolute Gasteiger partial charge is 0.0183 e. The van der Waals surface area contributed by atoms with Crippen LogP contribution in [0.2, 0.25) is 0 Å². The standard InChI is InChI=1S/C7H16BrN/c1-3-4-5-9-7(2)6-8/h7,9H,3-6H2,1-2H3. The molecule has 0 saturated carbocycles. The van der Waals surface area contributed by atoms with Crippen molar-refractivity contribution < 1.29 is 0 Å². The molecule has 0 heterocycles. The van der Waals surface area contributed by atoms with E-state index < -0.39 is 0 Å². The van der Waals surface area contributed by atoms with Crippen LogP contribution in [0.4, 0.5) is 0 Å². The molecule has 0 spiro atoms. The molecule has 0 aliphatic carbocycles. The van der Waals surface area contributed by atoms with Crippen molar-refractivity contribution in [1.29, 1.82) is 0 Å². The van der Waals surface area contributed by atoms with Crippen molar-refractivity contribution in [1.82, 2.24) is 5.32 Å². The van der Waals surface area contributed by atoms with Gasteiger partial charge in [-0.1, -0.05) is 29.3 Å². The number of halogens is 1. The first-order chi connectivity index (χ1) is 4.31. The van der Waals surface area contributed by atoms with Crippen molar-refractivity contribution in [3.8, 4) is 0 Å². The van der Waals surface area contributed by atoms with E-state index in [-0.39, 0.29) is 0 Å². The Labute approximate surface area is 66.3 Å². The van der Waals surface area contributed by atoms with Crippen LogP contribution in [-0.4, -0.2) is 17.9 Å². The molecule has 0 aliphatic heterocycles. The van der Waals surface area contributed by atoms with Gasteiger partial charge in [-0.05, 0) is 19.9 Å². The lowest BCUT2D eigenvalue weighted by Gasteiger charge is -2.08. The molecule has 0 aliphatic rings. The maximum Gasteiger partial charge on any atom is 0.0183 e. The van der Waals surface area contributed by atoms with Gasteiger partial charge in [0.2, 0.25) is 0 Å². The highest BCUT2D eigenvalue weighted by Gasteiger charge is 1.94. The third kappa shape index (κ3) is 6.32. The molecule has 0 radical (unpaired) electrons. The van der Waals surface area contributed by atoms with Crippen molar-refractivity contribution in [2.24, 2.45) is 0 Å². The fourth-order valence-corrected chi connectivity index (χ4v) is 0.809. The average Bonchev–Trinajstić information content (AvgIpc) is 1.89. The van der Waals surface area contributed by atoms with Gasteiger partial charge >= 0.3 is 0 Å². The SMILES string of the molecule is CCCCNC(C)CBr. The van der Waals surface area contributed by atoms with Crippen molar-refractivity contribution in [2.75, 3.05) is 11.9 Å². The van der Waals surface area contributed by atoms with Gasteiger partial charge in [-0.25, -0.2) is 0 Å². The monoisotopic (exact) mass is 193 g/mol. The largest absolute Gasteiger partial charge is 0.313 e. The third-order valence-corrected chi connectivity index (χ3v) is 2.23. The number of hydrogen-bond acceptors (Lipinski definition) is 1. The quantitative estimate of drug-likeness (QED) is 0.522. The Morgan fingerprint density at radius 1 is 1.56 bits per heavy atom. The van der Waals surface area contributed by atoms with Gasteiger partial charge in [-0.3, -0.25) is 0 Å². The van der Waals surface area contributed by atoms with Gasteiger partial charge in [0.25, 0.3) is 0 Å². The molecule has 1 atom stereocenters. The van der Waals surface area contributed by atoms with Crippen LogP contribution < -0.4 is 5.32 Å². The molecular formula is C7H16BrN. The van der Waals surface area contributed by atoms with Gasteiger partial charge in [-0.2, -0.15) is 0 Å². The van der Waals surface area contributed by atoms with Crippen molar-refractivity contribution >= 4 is 15.9 Å². The van der Waals surface area contributed by atoms with Crippen molar-refractivity contribution in [2.45, 2.75) is 32.7 Å². The summed E-state index contributed by atoms with van der Waals surface area (Å²) in [5.74, 6) is 0. The molecule has 1 nitrogen and oxygen atoms in total. The normalized spacial score (nSPS) is 13.7. The van der Waals surface area contributed by atoms with E-state index in [1.54, 1.807) is 0 Å². The zero-order chi connectivity index (χ0) is 7.11. The second-order valence-corrected chi connectivity index (χ2v) is 3.01. The molecule has 0 bridgehead atoms. The van der Waals surface area contributed by atoms with Crippen LogP contribution in [0.15, 0.2) is 0 Å². The Kier molecular flexibility index (Phi) is 6.88. The molecule has 0 rings (SSSR count). The van der Waals surface area contributed by atoms with Crippen LogP contribution in [0.1, 0.15) is 26.7 Å². The third-order valence-electron chi connectivity index (χ3n) is 1.25. The molecule has 0 amide bonds. The summed E-state index contributed by atoms with van der Waals surface area (Å²) in [6.07, 6.45) is 2.57. The molecule has 0 fully saturated rings. The van der Waals surface area contributed by atoms with Gasteiger partial charge in [0.1, 0.15) is 0 Å². The average molecular weight is 194 g/mol. The summed E-state index contributed by atoms with van der Waals surface area (Å²) in [6, 6.07) is 0.622. The molecule has 2 heteroatoms. The van der Waals surface area contributed by atoms with Crippen LogP contribution in [-0.2, 0) is 0 Å². The van der Waals surface area contributed by atoms with Crippen LogP contribution in [0, 0.1) is 0 Å². The molecule has 0 aromatic rings. The first-order valence-electron chi connectivity index (χ1n) is 3.60. The van der Waals surface area contributed by atoms with Crippen molar-refractivity contribution in [3.05, 3.63) is 0 Å². The van der Waals surface area contributed by atoms with E-state index in [1.807, 2.05) is 0 Å². The van der Waals surface area contributed by atoms with E-state index in [0.717, 1.165) is 11.9 Å². The fraction of sp³-hybridized carbons (Fsp3) is 1.00. The molecule has 1 N–H and O–H groups in total. The summed E-state index contributed by atoms with van der Waals surface area (Å²) in [5.41, 5.74) is 0. The number of hydrogen-bond donors (Lipinski definition) is 1. The minimum atomic E-state index is 0.622. The van der Waals surface area contributed by atoms with Gasteiger partial charge in [0, 0.05) is 11.4 Å². The lowest BCUT2D eigenvalue weighted by molar-refractivity contribution is 0.574. The zero-order valence-electron chi connectivity index (χ0n) is 6.28. The molecule has 1 unspecified atom stereocenters. The van der Waals surface area contributed by atoms with E-state index in [9.17, 15) is 0 Å². The van der Waals surface area contributed by atoms with Gasteiger partial charge in [-0.15, -0.1) is 0 Å². The minimum absolute atomic E-state index is 0.622. The first-order valence-corrected chi connectivity index (χ1v) is 4.72. The Hall–Kier alpha value is 0.440. The second kappa shape index (κ2) is 6.56. The van der Waals surface area contributed by atoms with Gasteiger partial charge < -0.3 is 5.32 Å². The number of unbranched alkanes of at least 4 members (excludes halogenated alkanes) is 1. The van der Waals surface area contributed by atoms with Crippen molar-refractivity contribution in [3.63, 3.8) is 0 Å². The summed E-state index contributed by atoms with van der Waals surface area (Å²) in [5, 5.41) is 4.44. The molecule has 0 aromatic heterocycles. The highest BCUT2D eigenvalue weighted by atomic mass is 79.9. The predicted octanol–water partition coefficient (Wildman–Crippen LogP) is 2.16. The Balaban J connectivity index is 2.88. The second-order valence-electron chi connectivity index (χ2n) is 2.36. The molecular weight excluding hydrogens is 178 g/mol. The van der Waals surface area contributed by atoms with Crippen LogP contribution in [0.5, 0.6) is 0 Å². The molecule has 0 saturated heterocycles. The summed E-state index contributed by atoms with van der Waals surface area (Å²) in [4.78, 5) is 0. The Bertz CT molecular complexity index is 56.9. The molecule has 9 heavy (non-hydrogen) atoms. The maximum absolute atomic E-state index is 3.40. The van der Waals surface area contributed by atoms with Gasteiger partial charge in [0.15, 0.2) is 0 Å². The Morgan fingerprint density at radius 2 is 2.22 bits per heavy atom. The maximum atomic E-state index is 3.40. The summed E-state index contributed by atoms with van der Waals surface area (Å²) in [7, 11) is 0. The fourth-order valence-electron chi connectivity index (χ4n) is 0.580. The molecule has 56 valence electrons. The van der Waals surface area contributed by atoms with Crippen LogP contribution >= 0.6 is 15.9 Å². The van der Waals surface area contributed by atoms with Gasteiger partial charge in [0.05, 0.1) is 0 Å². The zero-order valence-corrected chi connectivity index (χ0v) is 7.87. The predicted molar refractivity (Wildman–Crippen MR) is 46.2 cm³/mol. The van der Waals surface area contributed by atoms with E-state index >= 15 is 0 Å². The number of rotatable bonds is 5. The first kappa shape index (κ1) is 9.44.